The first-order valence-corrected chi connectivity index (χ1v) is 4.89. The van der Waals surface area contributed by atoms with E-state index in [0.29, 0.717) is 5.56 Å². The normalized spacial score (nSPS) is 10.3. The molecule has 0 unspecified atom stereocenters. The molecule has 0 atom stereocenters. The van der Waals surface area contributed by atoms with Crippen molar-refractivity contribution in [1.82, 2.24) is 15.2 Å². The smallest absolute Gasteiger partial charge is 0.339 e. The number of hydrogen-bond acceptors (Lipinski definition) is 5. The average molecular weight is 248 g/mol. The standard InChI is InChI=1S/C10H8N4O4/c1-5-2-7(11-4-8(5)14(17)18)9-6(10(15)16)3-12-13-9/h2-4H,1H3,(H,12,13)(H,15,16). The molecule has 0 saturated carbocycles. The van der Waals surface area contributed by atoms with Crippen LogP contribution in [0.1, 0.15) is 15.9 Å². The molecule has 92 valence electrons. The van der Waals surface area contributed by atoms with Gasteiger partial charge in [-0.3, -0.25) is 15.2 Å². The van der Waals surface area contributed by atoms with Gasteiger partial charge in [0.1, 0.15) is 17.5 Å². The number of carboxylic acids is 1. The van der Waals surface area contributed by atoms with E-state index in [2.05, 4.69) is 15.2 Å². The number of aromatic nitrogens is 3. The van der Waals surface area contributed by atoms with E-state index < -0.39 is 10.9 Å². The Morgan fingerprint density at radius 3 is 2.83 bits per heavy atom. The van der Waals surface area contributed by atoms with Crippen LogP contribution in [0.15, 0.2) is 18.5 Å². The predicted octanol–water partition coefficient (Wildman–Crippen LogP) is 1.39. The largest absolute Gasteiger partial charge is 0.478 e. The highest BCUT2D eigenvalue weighted by Gasteiger charge is 2.18. The number of aryl methyl sites for hydroxylation is 1. The van der Waals surface area contributed by atoms with E-state index in [-0.39, 0.29) is 22.6 Å². The number of aromatic amines is 1. The summed E-state index contributed by atoms with van der Waals surface area (Å²) in [6, 6.07) is 1.43. The fourth-order valence-corrected chi connectivity index (χ4v) is 1.52. The van der Waals surface area contributed by atoms with Crippen LogP contribution < -0.4 is 0 Å². The Balaban J connectivity index is 2.52. The number of nitro groups is 1. The molecule has 0 radical (unpaired) electrons. The quantitative estimate of drug-likeness (QED) is 0.625. The lowest BCUT2D eigenvalue weighted by molar-refractivity contribution is -0.385. The lowest BCUT2D eigenvalue weighted by atomic mass is 10.1. The lowest BCUT2D eigenvalue weighted by Gasteiger charge is -2.00. The molecule has 2 N–H and O–H groups in total. The van der Waals surface area contributed by atoms with Gasteiger partial charge in [0.2, 0.25) is 0 Å². The SMILES string of the molecule is Cc1cc(-c2n[nH]cc2C(=O)O)ncc1[N+](=O)[O-]. The number of nitrogens with one attached hydrogen (secondary N) is 1. The maximum atomic E-state index is 10.9. The summed E-state index contributed by atoms with van der Waals surface area (Å²) < 4.78 is 0. The van der Waals surface area contributed by atoms with Gasteiger partial charge in [-0.05, 0) is 13.0 Å². The highest BCUT2D eigenvalue weighted by atomic mass is 16.6. The number of H-pyrrole nitrogens is 1. The van der Waals surface area contributed by atoms with Gasteiger partial charge in [0, 0.05) is 11.8 Å². The van der Waals surface area contributed by atoms with Crippen molar-refractivity contribution < 1.29 is 14.8 Å². The van der Waals surface area contributed by atoms with Crippen molar-refractivity contribution >= 4 is 11.7 Å². The Hall–Kier alpha value is -2.77. The molecule has 2 heterocycles. The average Bonchev–Trinajstić information content (AvgIpc) is 2.77. The second-order valence-electron chi connectivity index (χ2n) is 3.57. The highest BCUT2D eigenvalue weighted by Crippen LogP contribution is 2.24. The topological polar surface area (TPSA) is 122 Å². The fourth-order valence-electron chi connectivity index (χ4n) is 1.52. The molecule has 0 aliphatic carbocycles. The van der Waals surface area contributed by atoms with Gasteiger partial charge in [-0.15, -0.1) is 0 Å². The maximum absolute atomic E-state index is 10.9. The van der Waals surface area contributed by atoms with E-state index in [9.17, 15) is 14.9 Å². The molecule has 2 rings (SSSR count). The summed E-state index contributed by atoms with van der Waals surface area (Å²) in [5.41, 5.74) is 0.670. The molecule has 0 saturated heterocycles. The van der Waals surface area contributed by atoms with Crippen molar-refractivity contribution in [3.05, 3.63) is 39.7 Å². The van der Waals surface area contributed by atoms with Crippen LogP contribution >= 0.6 is 0 Å². The zero-order valence-corrected chi connectivity index (χ0v) is 9.25. The van der Waals surface area contributed by atoms with E-state index in [0.717, 1.165) is 6.20 Å². The van der Waals surface area contributed by atoms with E-state index in [1.807, 2.05) is 0 Å². The van der Waals surface area contributed by atoms with E-state index in [4.69, 9.17) is 5.11 Å². The Morgan fingerprint density at radius 1 is 1.56 bits per heavy atom. The van der Waals surface area contributed by atoms with Crippen molar-refractivity contribution in [3.63, 3.8) is 0 Å². The van der Waals surface area contributed by atoms with E-state index in [1.54, 1.807) is 6.92 Å². The van der Waals surface area contributed by atoms with Gasteiger partial charge >= 0.3 is 5.97 Å². The summed E-state index contributed by atoms with van der Waals surface area (Å²) in [6.45, 7) is 1.55. The molecule has 2 aromatic rings. The molecule has 0 amide bonds. The number of carboxylic acid groups (broad SMARTS) is 1. The fraction of sp³-hybridized carbons (Fsp3) is 0.100. The number of carbonyl (C=O) groups is 1. The first kappa shape index (κ1) is 11.7. The Morgan fingerprint density at radius 2 is 2.28 bits per heavy atom. The van der Waals surface area contributed by atoms with Crippen LogP contribution in [0.25, 0.3) is 11.4 Å². The van der Waals surface area contributed by atoms with Gasteiger partial charge in [0.05, 0.1) is 10.6 Å². The van der Waals surface area contributed by atoms with Crippen molar-refractivity contribution in [3.8, 4) is 11.4 Å². The molecule has 18 heavy (non-hydrogen) atoms. The first-order valence-electron chi connectivity index (χ1n) is 4.89. The summed E-state index contributed by atoms with van der Waals surface area (Å²) in [5, 5.41) is 25.8. The molecule has 8 heteroatoms. The molecule has 2 aromatic heterocycles. The summed E-state index contributed by atoms with van der Waals surface area (Å²) in [6.07, 6.45) is 2.32. The first-order chi connectivity index (χ1) is 8.50. The lowest BCUT2D eigenvalue weighted by Crippen LogP contribution is -1.99. The highest BCUT2D eigenvalue weighted by molar-refractivity contribution is 5.94. The third kappa shape index (κ3) is 1.90. The van der Waals surface area contributed by atoms with Crippen LogP contribution in [0.4, 0.5) is 5.69 Å². The van der Waals surface area contributed by atoms with Crippen LogP contribution in [-0.2, 0) is 0 Å². The minimum absolute atomic E-state index is 0.0317. The van der Waals surface area contributed by atoms with E-state index >= 15 is 0 Å². The summed E-state index contributed by atoms with van der Waals surface area (Å²) in [7, 11) is 0. The number of aromatic carboxylic acids is 1. The number of nitrogens with zero attached hydrogens (tertiary/aromatic N) is 3. The molecule has 0 bridgehead atoms. The van der Waals surface area contributed by atoms with Gasteiger partial charge in [-0.25, -0.2) is 9.78 Å². The van der Waals surface area contributed by atoms with Gasteiger partial charge in [0.25, 0.3) is 5.69 Å². The molecule has 0 aliphatic heterocycles. The van der Waals surface area contributed by atoms with Crippen molar-refractivity contribution in [2.24, 2.45) is 0 Å². The minimum atomic E-state index is -1.14. The molecule has 0 fully saturated rings. The monoisotopic (exact) mass is 248 g/mol. The van der Waals surface area contributed by atoms with Gasteiger partial charge in [-0.2, -0.15) is 5.10 Å². The zero-order chi connectivity index (χ0) is 13.3. The van der Waals surface area contributed by atoms with Crippen molar-refractivity contribution in [1.29, 1.82) is 0 Å². The van der Waals surface area contributed by atoms with Crippen LogP contribution in [0.3, 0.4) is 0 Å². The number of pyridine rings is 1. The van der Waals surface area contributed by atoms with Crippen LogP contribution in [0, 0.1) is 17.0 Å². The summed E-state index contributed by atoms with van der Waals surface area (Å²) >= 11 is 0. The molecule has 0 aliphatic rings. The van der Waals surface area contributed by atoms with Gasteiger partial charge in [0.15, 0.2) is 0 Å². The molecule has 0 spiro atoms. The van der Waals surface area contributed by atoms with E-state index in [1.165, 1.54) is 12.3 Å². The van der Waals surface area contributed by atoms with Crippen molar-refractivity contribution in [2.45, 2.75) is 6.92 Å². The molecular formula is C10H8N4O4. The second kappa shape index (κ2) is 4.24. The van der Waals surface area contributed by atoms with Crippen LogP contribution in [0.5, 0.6) is 0 Å². The third-order valence-corrected chi connectivity index (χ3v) is 2.39. The van der Waals surface area contributed by atoms with Crippen molar-refractivity contribution in [2.75, 3.05) is 0 Å². The minimum Gasteiger partial charge on any atom is -0.478 e. The van der Waals surface area contributed by atoms with Gasteiger partial charge < -0.3 is 5.11 Å². The predicted molar refractivity (Wildman–Crippen MR) is 60.2 cm³/mol. The third-order valence-electron chi connectivity index (χ3n) is 2.39. The van der Waals surface area contributed by atoms with Crippen LogP contribution in [-0.4, -0.2) is 31.2 Å². The molecular weight excluding hydrogens is 240 g/mol. The second-order valence-corrected chi connectivity index (χ2v) is 3.57. The zero-order valence-electron chi connectivity index (χ0n) is 9.25. The number of hydrogen-bond donors (Lipinski definition) is 2. The Bertz CT molecular complexity index is 635. The van der Waals surface area contributed by atoms with Crippen LogP contribution in [0.2, 0.25) is 0 Å². The summed E-state index contributed by atoms with van der Waals surface area (Å²) in [4.78, 5) is 24.9. The Kier molecular flexibility index (Phi) is 2.76. The maximum Gasteiger partial charge on any atom is 0.339 e. The molecule has 8 nitrogen and oxygen atoms in total. The molecule has 0 aromatic carbocycles. The van der Waals surface area contributed by atoms with Gasteiger partial charge in [-0.1, -0.05) is 0 Å². The number of rotatable bonds is 3. The summed E-state index contributed by atoms with van der Waals surface area (Å²) in [5.74, 6) is -1.14. The Labute approximate surface area is 100 Å².